The van der Waals surface area contributed by atoms with Gasteiger partial charge in [0.05, 0.1) is 16.9 Å². The van der Waals surface area contributed by atoms with Crippen LogP contribution in [0.4, 0.5) is 5.69 Å². The highest BCUT2D eigenvalue weighted by molar-refractivity contribution is 5.60. The average molecular weight is 231 g/mol. The molecular weight excluding hydrogens is 210 g/mol. The zero-order valence-electron chi connectivity index (χ0n) is 11.3. The van der Waals surface area contributed by atoms with Crippen LogP contribution in [-0.2, 0) is 0 Å². The summed E-state index contributed by atoms with van der Waals surface area (Å²) in [6.45, 7) is 10.4. The summed E-state index contributed by atoms with van der Waals surface area (Å²) < 4.78 is 0. The molecule has 1 aromatic heterocycles. The van der Waals surface area contributed by atoms with Crippen molar-refractivity contribution in [3.05, 3.63) is 23.0 Å². The first kappa shape index (κ1) is 13.5. The molecule has 0 aliphatic carbocycles. The zero-order valence-corrected chi connectivity index (χ0v) is 11.3. The standard InChI is InChI=1S/C14H21N3/c1-6-13(9(2)3)17-14-7-10(4)16-11(5)12(14)8-15/h7,9,13H,6H2,1-5H3,(H,16,17). The summed E-state index contributed by atoms with van der Waals surface area (Å²) in [5.41, 5.74) is 3.32. The first-order valence-corrected chi connectivity index (χ1v) is 6.14. The van der Waals surface area contributed by atoms with Gasteiger partial charge in [-0.25, -0.2) is 0 Å². The molecule has 1 unspecified atom stereocenters. The lowest BCUT2D eigenvalue weighted by Crippen LogP contribution is -2.25. The van der Waals surface area contributed by atoms with Gasteiger partial charge >= 0.3 is 0 Å². The van der Waals surface area contributed by atoms with Crippen molar-refractivity contribution in [2.75, 3.05) is 5.32 Å². The summed E-state index contributed by atoms with van der Waals surface area (Å²) in [4.78, 5) is 4.32. The maximum Gasteiger partial charge on any atom is 0.103 e. The molecule has 0 spiro atoms. The van der Waals surface area contributed by atoms with Crippen LogP contribution in [0, 0.1) is 31.1 Å². The van der Waals surface area contributed by atoms with Gasteiger partial charge in [-0.05, 0) is 32.3 Å². The highest BCUT2D eigenvalue weighted by Gasteiger charge is 2.14. The summed E-state index contributed by atoms with van der Waals surface area (Å²) in [5, 5.41) is 12.7. The van der Waals surface area contributed by atoms with Crippen molar-refractivity contribution >= 4 is 5.69 Å². The number of hydrogen-bond acceptors (Lipinski definition) is 3. The Kier molecular flexibility index (Phi) is 4.51. The smallest absolute Gasteiger partial charge is 0.103 e. The number of nitrogens with one attached hydrogen (secondary N) is 1. The highest BCUT2D eigenvalue weighted by Crippen LogP contribution is 2.22. The van der Waals surface area contributed by atoms with Crippen LogP contribution in [0.25, 0.3) is 0 Å². The second-order valence-electron chi connectivity index (χ2n) is 4.79. The number of rotatable bonds is 4. The maximum absolute atomic E-state index is 9.18. The molecule has 0 aromatic carbocycles. The topological polar surface area (TPSA) is 48.7 Å². The van der Waals surface area contributed by atoms with E-state index in [4.69, 9.17) is 0 Å². The fourth-order valence-electron chi connectivity index (χ4n) is 2.02. The molecule has 92 valence electrons. The molecule has 3 nitrogen and oxygen atoms in total. The van der Waals surface area contributed by atoms with Crippen LogP contribution in [0.1, 0.15) is 44.1 Å². The normalized spacial score (nSPS) is 12.3. The minimum Gasteiger partial charge on any atom is -0.381 e. The van der Waals surface area contributed by atoms with E-state index in [1.807, 2.05) is 19.9 Å². The van der Waals surface area contributed by atoms with Crippen molar-refractivity contribution in [1.29, 1.82) is 5.26 Å². The Morgan fingerprint density at radius 3 is 2.53 bits per heavy atom. The Labute approximate surface area is 104 Å². The molecule has 0 aliphatic heterocycles. The van der Waals surface area contributed by atoms with E-state index >= 15 is 0 Å². The second-order valence-corrected chi connectivity index (χ2v) is 4.79. The fraction of sp³-hybridized carbons (Fsp3) is 0.571. The molecule has 0 saturated heterocycles. The molecule has 1 N–H and O–H groups in total. The van der Waals surface area contributed by atoms with Crippen molar-refractivity contribution in [3.63, 3.8) is 0 Å². The molecule has 0 radical (unpaired) electrons. The van der Waals surface area contributed by atoms with E-state index in [1.165, 1.54) is 0 Å². The van der Waals surface area contributed by atoms with Crippen LogP contribution in [0.2, 0.25) is 0 Å². The average Bonchev–Trinajstić information content (AvgIpc) is 2.24. The van der Waals surface area contributed by atoms with Crippen molar-refractivity contribution in [2.45, 2.75) is 47.1 Å². The molecule has 0 fully saturated rings. The van der Waals surface area contributed by atoms with E-state index in [2.05, 4.69) is 37.1 Å². The number of pyridine rings is 1. The van der Waals surface area contributed by atoms with Crippen molar-refractivity contribution in [3.8, 4) is 6.07 Å². The Morgan fingerprint density at radius 1 is 1.41 bits per heavy atom. The summed E-state index contributed by atoms with van der Waals surface area (Å²) in [5.74, 6) is 0.542. The largest absolute Gasteiger partial charge is 0.381 e. The third-order valence-electron chi connectivity index (χ3n) is 3.03. The van der Waals surface area contributed by atoms with Gasteiger partial charge in [-0.1, -0.05) is 20.8 Å². The predicted octanol–water partition coefficient (Wildman–Crippen LogP) is 3.42. The molecule has 1 aromatic rings. The molecule has 0 aliphatic rings. The van der Waals surface area contributed by atoms with Crippen LogP contribution in [0.5, 0.6) is 0 Å². The van der Waals surface area contributed by atoms with E-state index in [-0.39, 0.29) is 0 Å². The SMILES string of the molecule is CCC(Nc1cc(C)nc(C)c1C#N)C(C)C. The monoisotopic (exact) mass is 231 g/mol. The lowest BCUT2D eigenvalue weighted by Gasteiger charge is -2.23. The van der Waals surface area contributed by atoms with E-state index in [0.29, 0.717) is 17.5 Å². The van der Waals surface area contributed by atoms with Crippen molar-refractivity contribution in [1.82, 2.24) is 4.98 Å². The third-order valence-corrected chi connectivity index (χ3v) is 3.03. The zero-order chi connectivity index (χ0) is 13.0. The summed E-state index contributed by atoms with van der Waals surface area (Å²) >= 11 is 0. The summed E-state index contributed by atoms with van der Waals surface area (Å²) in [7, 11) is 0. The third kappa shape index (κ3) is 3.20. The van der Waals surface area contributed by atoms with E-state index in [9.17, 15) is 5.26 Å². The van der Waals surface area contributed by atoms with Crippen LogP contribution in [0.15, 0.2) is 6.07 Å². The number of hydrogen-bond donors (Lipinski definition) is 1. The minimum absolute atomic E-state index is 0.392. The second kappa shape index (κ2) is 5.67. The van der Waals surface area contributed by atoms with Gasteiger partial charge in [-0.2, -0.15) is 5.26 Å². The number of aryl methyl sites for hydroxylation is 2. The maximum atomic E-state index is 9.18. The van der Waals surface area contributed by atoms with Crippen molar-refractivity contribution < 1.29 is 0 Å². The van der Waals surface area contributed by atoms with Gasteiger partial charge in [0, 0.05) is 11.7 Å². The molecule has 1 atom stereocenters. The molecule has 1 heterocycles. The first-order chi connectivity index (χ1) is 7.99. The number of aromatic nitrogens is 1. The molecule has 0 amide bonds. The van der Waals surface area contributed by atoms with Crippen LogP contribution in [0.3, 0.4) is 0 Å². The Bertz CT molecular complexity index is 430. The van der Waals surface area contributed by atoms with Gasteiger partial charge < -0.3 is 5.32 Å². The van der Waals surface area contributed by atoms with Crippen molar-refractivity contribution in [2.24, 2.45) is 5.92 Å². The van der Waals surface area contributed by atoms with Gasteiger partial charge in [-0.3, -0.25) is 4.98 Å². The van der Waals surface area contributed by atoms with Crippen LogP contribution >= 0.6 is 0 Å². The molecule has 3 heteroatoms. The number of nitriles is 1. The molecule has 17 heavy (non-hydrogen) atoms. The summed E-state index contributed by atoms with van der Waals surface area (Å²) in [6, 6.07) is 4.58. The van der Waals surface area contributed by atoms with E-state index in [1.54, 1.807) is 0 Å². The quantitative estimate of drug-likeness (QED) is 0.863. The highest BCUT2D eigenvalue weighted by atomic mass is 14.9. The van der Waals surface area contributed by atoms with Gasteiger partial charge in [0.1, 0.15) is 6.07 Å². The summed E-state index contributed by atoms with van der Waals surface area (Å²) in [6.07, 6.45) is 1.04. The van der Waals surface area contributed by atoms with Crippen LogP contribution in [-0.4, -0.2) is 11.0 Å². The first-order valence-electron chi connectivity index (χ1n) is 6.14. The molecular formula is C14H21N3. The van der Waals surface area contributed by atoms with E-state index in [0.717, 1.165) is 23.5 Å². The molecule has 0 bridgehead atoms. The predicted molar refractivity (Wildman–Crippen MR) is 71.0 cm³/mol. The van der Waals surface area contributed by atoms with E-state index < -0.39 is 0 Å². The minimum atomic E-state index is 0.392. The number of anilines is 1. The van der Waals surface area contributed by atoms with Crippen LogP contribution < -0.4 is 5.32 Å². The van der Waals surface area contributed by atoms with Gasteiger partial charge in [0.2, 0.25) is 0 Å². The fourth-order valence-corrected chi connectivity index (χ4v) is 2.02. The number of nitrogens with zero attached hydrogens (tertiary/aromatic N) is 2. The lowest BCUT2D eigenvalue weighted by atomic mass is 10.0. The molecule has 0 saturated carbocycles. The van der Waals surface area contributed by atoms with Gasteiger partial charge in [0.25, 0.3) is 0 Å². The Morgan fingerprint density at radius 2 is 2.06 bits per heavy atom. The lowest BCUT2D eigenvalue weighted by molar-refractivity contribution is 0.511. The Balaban J connectivity index is 3.09. The van der Waals surface area contributed by atoms with Gasteiger partial charge in [-0.15, -0.1) is 0 Å². The molecule has 1 rings (SSSR count). The Hall–Kier alpha value is -1.56. The van der Waals surface area contributed by atoms with Gasteiger partial charge in [0.15, 0.2) is 0 Å².